The number of ether oxygens (including phenoxy) is 1. The third kappa shape index (κ3) is 6.75. The number of piperidine rings is 1. The molecule has 0 radical (unpaired) electrons. The standard InChI is InChI=1S/C41H42FN9O3/c42-30-6-1-5-28(25-30)33-8-3-18-50(33)39-14-13-37-43-27-36(51(37)46-39)32-7-2-9-38(44-32)48-22-20-47(21-23-48)17-4-24-54-31-10-11-34-29(26-31)16-19-49(34)35-12-15-40(52)45-41(35)53/h1-2,5-7,9-11,13-14,16,19,25-27,33,35H,3-4,8,12,15,17-18,20-24H2,(H,45,52,53)/t33-,35?/m1/s1. The Bertz CT molecular complexity index is 2330. The van der Waals surface area contributed by atoms with Gasteiger partial charge in [0.15, 0.2) is 5.65 Å². The summed E-state index contributed by atoms with van der Waals surface area (Å²) in [6.07, 6.45) is 7.48. The van der Waals surface area contributed by atoms with Crippen LogP contribution in [0, 0.1) is 5.82 Å². The van der Waals surface area contributed by atoms with Gasteiger partial charge >= 0.3 is 0 Å². The zero-order valence-electron chi connectivity index (χ0n) is 30.0. The van der Waals surface area contributed by atoms with Gasteiger partial charge in [0.1, 0.15) is 34.9 Å². The number of pyridine rings is 1. The lowest BCUT2D eigenvalue weighted by Crippen LogP contribution is -2.47. The highest BCUT2D eigenvalue weighted by atomic mass is 19.1. The minimum atomic E-state index is -0.375. The summed E-state index contributed by atoms with van der Waals surface area (Å²) in [4.78, 5) is 40.8. The highest BCUT2D eigenvalue weighted by Gasteiger charge is 2.30. The van der Waals surface area contributed by atoms with Crippen LogP contribution in [0.4, 0.5) is 16.0 Å². The maximum atomic E-state index is 14.1. The molecule has 1 N–H and O–H groups in total. The fourth-order valence-corrected chi connectivity index (χ4v) is 8.16. The SMILES string of the molecule is O=C1CCC(n2ccc3cc(OCCCN4CCN(c5cccc(-c6cnc7ccc(N8CCC[C@@H]8c8cccc(F)c8)nn67)n5)CC4)ccc32)C(=O)N1. The second-order valence-electron chi connectivity index (χ2n) is 14.3. The fraction of sp³-hybridized carbons (Fsp3) is 0.341. The lowest BCUT2D eigenvalue weighted by atomic mass is 10.0. The average molecular weight is 728 g/mol. The first-order valence-corrected chi connectivity index (χ1v) is 18.9. The van der Waals surface area contributed by atoms with Crippen molar-refractivity contribution in [3.8, 4) is 17.1 Å². The summed E-state index contributed by atoms with van der Waals surface area (Å²) in [6.45, 7) is 6.05. The van der Waals surface area contributed by atoms with Crippen LogP contribution in [-0.4, -0.2) is 86.7 Å². The van der Waals surface area contributed by atoms with Gasteiger partial charge in [-0.25, -0.2) is 18.9 Å². The first kappa shape index (κ1) is 34.0. The molecule has 0 saturated carbocycles. The molecule has 6 aromatic rings. The smallest absolute Gasteiger partial charge is 0.249 e. The number of nitrogens with one attached hydrogen (secondary N) is 1. The Morgan fingerprint density at radius 2 is 1.76 bits per heavy atom. The van der Waals surface area contributed by atoms with E-state index in [0.29, 0.717) is 19.4 Å². The molecular weight excluding hydrogens is 686 g/mol. The van der Waals surface area contributed by atoms with Gasteiger partial charge in [0.05, 0.1) is 24.5 Å². The van der Waals surface area contributed by atoms with Crippen LogP contribution in [0.25, 0.3) is 27.9 Å². The topological polar surface area (TPSA) is 113 Å². The van der Waals surface area contributed by atoms with Crippen molar-refractivity contribution >= 4 is 40.0 Å². The minimum absolute atomic E-state index is 0.0780. The van der Waals surface area contributed by atoms with Gasteiger partial charge in [-0.2, -0.15) is 0 Å². The first-order valence-electron chi connectivity index (χ1n) is 18.9. The van der Waals surface area contributed by atoms with E-state index >= 15 is 0 Å². The molecule has 7 heterocycles. The predicted octanol–water partition coefficient (Wildman–Crippen LogP) is 5.80. The molecule has 276 valence electrons. The summed E-state index contributed by atoms with van der Waals surface area (Å²) in [5.41, 5.74) is 4.33. The lowest BCUT2D eigenvalue weighted by molar-refractivity contribution is -0.135. The number of hydrogen-bond acceptors (Lipinski definition) is 9. The number of hydrogen-bond donors (Lipinski definition) is 1. The Morgan fingerprint density at radius 3 is 2.63 bits per heavy atom. The summed E-state index contributed by atoms with van der Waals surface area (Å²) < 4.78 is 24.0. The van der Waals surface area contributed by atoms with Gasteiger partial charge in [0.2, 0.25) is 11.8 Å². The third-order valence-electron chi connectivity index (χ3n) is 10.9. The molecule has 0 aliphatic carbocycles. The Kier molecular flexibility index (Phi) is 9.15. The van der Waals surface area contributed by atoms with E-state index in [0.717, 1.165) is 109 Å². The van der Waals surface area contributed by atoms with Crippen LogP contribution in [0.3, 0.4) is 0 Å². The Hall–Kier alpha value is -5.82. The first-order chi connectivity index (χ1) is 26.5. The van der Waals surface area contributed by atoms with E-state index in [1.165, 1.54) is 6.07 Å². The summed E-state index contributed by atoms with van der Waals surface area (Å²) in [5.74, 6) is 1.91. The number of anilines is 2. The molecule has 1 unspecified atom stereocenters. The van der Waals surface area contributed by atoms with Gasteiger partial charge in [-0.3, -0.25) is 19.8 Å². The molecule has 4 aromatic heterocycles. The van der Waals surface area contributed by atoms with Crippen LogP contribution in [0.1, 0.15) is 49.8 Å². The molecule has 13 heteroatoms. The summed E-state index contributed by atoms with van der Waals surface area (Å²) in [6, 6.07) is 24.6. The fourth-order valence-electron chi connectivity index (χ4n) is 8.16. The van der Waals surface area contributed by atoms with E-state index in [9.17, 15) is 14.0 Å². The van der Waals surface area contributed by atoms with Crippen LogP contribution in [0.5, 0.6) is 5.75 Å². The number of amides is 2. The molecule has 0 spiro atoms. The van der Waals surface area contributed by atoms with Gasteiger partial charge in [-0.15, -0.1) is 5.10 Å². The molecule has 54 heavy (non-hydrogen) atoms. The van der Waals surface area contributed by atoms with Crippen molar-refractivity contribution in [3.63, 3.8) is 0 Å². The number of halogens is 1. The second-order valence-corrected chi connectivity index (χ2v) is 14.3. The van der Waals surface area contributed by atoms with Crippen molar-refractivity contribution in [1.82, 2.24) is 34.4 Å². The van der Waals surface area contributed by atoms with Gasteiger partial charge < -0.3 is 19.1 Å². The zero-order valence-corrected chi connectivity index (χ0v) is 30.0. The molecule has 9 rings (SSSR count). The largest absolute Gasteiger partial charge is 0.494 e. The maximum absolute atomic E-state index is 14.1. The molecule has 3 fully saturated rings. The highest BCUT2D eigenvalue weighted by Crippen LogP contribution is 2.36. The van der Waals surface area contributed by atoms with Crippen LogP contribution in [-0.2, 0) is 9.59 Å². The van der Waals surface area contributed by atoms with E-state index in [1.54, 1.807) is 12.1 Å². The van der Waals surface area contributed by atoms with Crippen molar-refractivity contribution in [1.29, 1.82) is 0 Å². The number of carbonyl (C=O) groups excluding carboxylic acids is 2. The van der Waals surface area contributed by atoms with Crippen molar-refractivity contribution in [2.75, 3.05) is 55.7 Å². The van der Waals surface area contributed by atoms with E-state index < -0.39 is 0 Å². The van der Waals surface area contributed by atoms with E-state index in [2.05, 4.69) is 31.1 Å². The normalized spacial score (nSPS) is 19.6. The summed E-state index contributed by atoms with van der Waals surface area (Å²) in [5, 5.41) is 8.48. The molecule has 2 atom stereocenters. The number of rotatable bonds is 10. The summed E-state index contributed by atoms with van der Waals surface area (Å²) in [7, 11) is 0. The van der Waals surface area contributed by atoms with Gasteiger partial charge in [0, 0.05) is 62.8 Å². The third-order valence-corrected chi connectivity index (χ3v) is 10.9. The highest BCUT2D eigenvalue weighted by molar-refractivity contribution is 6.00. The number of benzene rings is 2. The zero-order chi connectivity index (χ0) is 36.6. The number of nitrogens with zero attached hydrogens (tertiary/aromatic N) is 8. The van der Waals surface area contributed by atoms with Crippen LogP contribution >= 0.6 is 0 Å². The van der Waals surface area contributed by atoms with Crippen molar-refractivity contribution in [2.45, 2.75) is 44.2 Å². The molecule has 2 amide bonds. The number of imide groups is 1. The molecule has 3 aliphatic heterocycles. The Morgan fingerprint density at radius 1 is 0.870 bits per heavy atom. The predicted molar refractivity (Wildman–Crippen MR) is 204 cm³/mol. The van der Waals surface area contributed by atoms with Gasteiger partial charge in [-0.05, 0) is 91.9 Å². The quantitative estimate of drug-likeness (QED) is 0.138. The van der Waals surface area contributed by atoms with Crippen LogP contribution < -0.4 is 19.9 Å². The number of imidazole rings is 1. The number of piperazine rings is 1. The van der Waals surface area contributed by atoms with Crippen molar-refractivity contribution in [2.24, 2.45) is 0 Å². The second kappa shape index (κ2) is 14.5. The van der Waals surface area contributed by atoms with Crippen LogP contribution in [0.15, 0.2) is 91.3 Å². The molecule has 3 aliphatic rings. The van der Waals surface area contributed by atoms with Crippen molar-refractivity contribution < 1.29 is 18.7 Å². The molecule has 0 bridgehead atoms. The number of fused-ring (bicyclic) bond motifs is 2. The monoisotopic (exact) mass is 727 g/mol. The van der Waals surface area contributed by atoms with Gasteiger partial charge in [-0.1, -0.05) is 18.2 Å². The number of aromatic nitrogens is 5. The van der Waals surface area contributed by atoms with E-state index in [-0.39, 0.29) is 29.7 Å². The Balaban J connectivity index is 0.793. The Labute approximate surface area is 312 Å². The molecule has 2 aromatic carbocycles. The maximum Gasteiger partial charge on any atom is 0.249 e. The number of carbonyl (C=O) groups is 2. The molecular formula is C41H42FN9O3. The van der Waals surface area contributed by atoms with Crippen LogP contribution in [0.2, 0.25) is 0 Å². The van der Waals surface area contributed by atoms with Crippen molar-refractivity contribution in [3.05, 3.63) is 103 Å². The molecule has 12 nitrogen and oxygen atoms in total. The average Bonchev–Trinajstić information content (AvgIpc) is 3.96. The minimum Gasteiger partial charge on any atom is -0.494 e. The van der Waals surface area contributed by atoms with E-state index in [4.69, 9.17) is 14.8 Å². The molecule has 3 saturated heterocycles. The lowest BCUT2D eigenvalue weighted by Gasteiger charge is -2.35. The van der Waals surface area contributed by atoms with E-state index in [1.807, 2.05) is 76.1 Å². The summed E-state index contributed by atoms with van der Waals surface area (Å²) >= 11 is 0. The van der Waals surface area contributed by atoms with Gasteiger partial charge in [0.25, 0.3) is 0 Å².